The third-order valence-corrected chi connectivity index (χ3v) is 3.04. The largest absolute Gasteiger partial charge is 0.494 e. The maximum Gasteiger partial charge on any atom is 0.310 e. The summed E-state index contributed by atoms with van der Waals surface area (Å²) in [5, 5.41) is 18.3. The first-order valence-electron chi connectivity index (χ1n) is 6.11. The van der Waals surface area contributed by atoms with Crippen LogP contribution < -0.4 is 4.74 Å². The van der Waals surface area contributed by atoms with E-state index in [2.05, 4.69) is 0 Å². The van der Waals surface area contributed by atoms with Crippen molar-refractivity contribution in [2.45, 2.75) is 32.6 Å². The van der Waals surface area contributed by atoms with E-state index in [0.29, 0.717) is 23.5 Å². The molecule has 0 aliphatic carbocycles. The van der Waals surface area contributed by atoms with Crippen LogP contribution in [-0.2, 0) is 9.59 Å². The molecule has 104 valence electrons. The summed E-state index contributed by atoms with van der Waals surface area (Å²) in [6.07, 6.45) is 0. The Kier molecular flexibility index (Phi) is 4.92. The van der Waals surface area contributed by atoms with Crippen LogP contribution >= 0.6 is 0 Å². The second-order valence-electron chi connectivity index (χ2n) is 4.31. The first kappa shape index (κ1) is 15.0. The molecular weight excluding hydrogens is 248 g/mol. The SMILES string of the molecule is CCOc1cccc(C(C)C(=O)O)c1C(C)C(=O)O. The van der Waals surface area contributed by atoms with Crippen LogP contribution in [0, 0.1) is 0 Å². The van der Waals surface area contributed by atoms with Crippen LogP contribution in [0.2, 0.25) is 0 Å². The summed E-state index contributed by atoms with van der Waals surface area (Å²) < 4.78 is 5.42. The Hall–Kier alpha value is -2.04. The summed E-state index contributed by atoms with van der Waals surface area (Å²) in [6.45, 7) is 5.25. The molecular formula is C14H18O5. The molecule has 19 heavy (non-hydrogen) atoms. The average molecular weight is 266 g/mol. The van der Waals surface area contributed by atoms with Crippen LogP contribution in [0.5, 0.6) is 5.75 Å². The fourth-order valence-electron chi connectivity index (χ4n) is 1.94. The lowest BCUT2D eigenvalue weighted by molar-refractivity contribution is -0.140. The second kappa shape index (κ2) is 6.22. The number of carboxylic acid groups (broad SMARTS) is 2. The van der Waals surface area contributed by atoms with E-state index < -0.39 is 23.8 Å². The van der Waals surface area contributed by atoms with Crippen molar-refractivity contribution >= 4 is 11.9 Å². The van der Waals surface area contributed by atoms with Gasteiger partial charge in [0.1, 0.15) is 5.75 Å². The van der Waals surface area contributed by atoms with E-state index in [0.717, 1.165) is 0 Å². The molecule has 0 heterocycles. The van der Waals surface area contributed by atoms with E-state index in [9.17, 15) is 9.59 Å². The van der Waals surface area contributed by atoms with E-state index >= 15 is 0 Å². The molecule has 0 spiro atoms. The van der Waals surface area contributed by atoms with Crippen LogP contribution in [0.1, 0.15) is 43.7 Å². The van der Waals surface area contributed by atoms with Gasteiger partial charge in [-0.25, -0.2) is 0 Å². The third-order valence-electron chi connectivity index (χ3n) is 3.04. The van der Waals surface area contributed by atoms with Gasteiger partial charge in [-0.2, -0.15) is 0 Å². The van der Waals surface area contributed by atoms with E-state index in [1.54, 1.807) is 25.1 Å². The van der Waals surface area contributed by atoms with Crippen LogP contribution in [-0.4, -0.2) is 28.8 Å². The Balaban J connectivity index is 3.41. The monoisotopic (exact) mass is 266 g/mol. The van der Waals surface area contributed by atoms with Gasteiger partial charge >= 0.3 is 11.9 Å². The molecule has 0 amide bonds. The summed E-state index contributed by atoms with van der Waals surface area (Å²) in [4.78, 5) is 22.3. The predicted molar refractivity (Wildman–Crippen MR) is 69.7 cm³/mol. The Bertz CT molecular complexity index is 481. The van der Waals surface area contributed by atoms with Crippen molar-refractivity contribution in [3.8, 4) is 5.75 Å². The van der Waals surface area contributed by atoms with Gasteiger partial charge in [0.25, 0.3) is 0 Å². The molecule has 0 radical (unpaired) electrons. The van der Waals surface area contributed by atoms with Gasteiger partial charge in [-0.15, -0.1) is 0 Å². The van der Waals surface area contributed by atoms with Gasteiger partial charge < -0.3 is 14.9 Å². The fourth-order valence-corrected chi connectivity index (χ4v) is 1.94. The van der Waals surface area contributed by atoms with Crippen molar-refractivity contribution in [1.82, 2.24) is 0 Å². The van der Waals surface area contributed by atoms with E-state index in [-0.39, 0.29) is 0 Å². The Morgan fingerprint density at radius 3 is 2.21 bits per heavy atom. The normalized spacial score (nSPS) is 13.6. The van der Waals surface area contributed by atoms with Gasteiger partial charge in [-0.3, -0.25) is 9.59 Å². The lowest BCUT2D eigenvalue weighted by Crippen LogP contribution is -2.16. The standard InChI is InChI=1S/C14H18O5/c1-4-19-11-7-5-6-10(8(2)13(15)16)12(11)9(3)14(17)18/h5-9H,4H2,1-3H3,(H,15,16)(H,17,18). The smallest absolute Gasteiger partial charge is 0.310 e. The molecule has 0 aliphatic heterocycles. The topological polar surface area (TPSA) is 83.8 Å². The Morgan fingerprint density at radius 2 is 1.74 bits per heavy atom. The fraction of sp³-hybridized carbons (Fsp3) is 0.429. The van der Waals surface area contributed by atoms with Crippen molar-refractivity contribution in [3.05, 3.63) is 29.3 Å². The Morgan fingerprint density at radius 1 is 1.16 bits per heavy atom. The number of hydrogen-bond donors (Lipinski definition) is 2. The third kappa shape index (κ3) is 3.24. The highest BCUT2D eigenvalue weighted by atomic mass is 16.5. The van der Waals surface area contributed by atoms with E-state index in [1.807, 2.05) is 0 Å². The van der Waals surface area contributed by atoms with Crippen LogP contribution in [0.25, 0.3) is 0 Å². The van der Waals surface area contributed by atoms with Crippen molar-refractivity contribution < 1.29 is 24.5 Å². The second-order valence-corrected chi connectivity index (χ2v) is 4.31. The van der Waals surface area contributed by atoms with Gasteiger partial charge in [0.2, 0.25) is 0 Å². The van der Waals surface area contributed by atoms with Crippen LogP contribution in [0.3, 0.4) is 0 Å². The molecule has 0 aliphatic rings. The van der Waals surface area contributed by atoms with E-state index in [4.69, 9.17) is 14.9 Å². The molecule has 0 aromatic heterocycles. The average Bonchev–Trinajstić information content (AvgIpc) is 2.37. The molecule has 2 N–H and O–H groups in total. The quantitative estimate of drug-likeness (QED) is 0.826. The molecule has 0 saturated heterocycles. The molecule has 2 unspecified atom stereocenters. The van der Waals surface area contributed by atoms with Gasteiger partial charge in [-0.05, 0) is 32.4 Å². The minimum atomic E-state index is -1.01. The number of aliphatic carboxylic acids is 2. The van der Waals surface area contributed by atoms with Crippen LogP contribution in [0.4, 0.5) is 0 Å². The Labute approximate surface area is 111 Å². The molecule has 2 atom stereocenters. The number of carbonyl (C=O) groups is 2. The van der Waals surface area contributed by atoms with Crippen molar-refractivity contribution in [2.24, 2.45) is 0 Å². The first-order chi connectivity index (χ1) is 8.90. The lowest BCUT2D eigenvalue weighted by atomic mass is 9.88. The van der Waals surface area contributed by atoms with Gasteiger partial charge in [0, 0.05) is 5.56 Å². The lowest BCUT2D eigenvalue weighted by Gasteiger charge is -2.20. The predicted octanol–water partition coefficient (Wildman–Crippen LogP) is 2.46. The molecule has 5 heteroatoms. The van der Waals surface area contributed by atoms with Crippen molar-refractivity contribution in [1.29, 1.82) is 0 Å². The maximum absolute atomic E-state index is 11.2. The van der Waals surface area contributed by atoms with Crippen molar-refractivity contribution in [3.63, 3.8) is 0 Å². The molecule has 1 aromatic carbocycles. The first-order valence-corrected chi connectivity index (χ1v) is 6.11. The molecule has 0 saturated carbocycles. The highest BCUT2D eigenvalue weighted by Gasteiger charge is 2.26. The summed E-state index contributed by atoms with van der Waals surface area (Å²) in [5.41, 5.74) is 0.917. The number of hydrogen-bond acceptors (Lipinski definition) is 3. The summed E-state index contributed by atoms with van der Waals surface area (Å²) in [5.74, 6) is -3.17. The molecule has 0 fully saturated rings. The molecule has 1 rings (SSSR count). The minimum absolute atomic E-state index is 0.393. The number of carboxylic acids is 2. The zero-order valence-corrected chi connectivity index (χ0v) is 11.2. The number of benzene rings is 1. The summed E-state index contributed by atoms with van der Waals surface area (Å²) in [6, 6.07) is 4.98. The minimum Gasteiger partial charge on any atom is -0.494 e. The highest BCUT2D eigenvalue weighted by Crippen LogP contribution is 2.34. The summed E-state index contributed by atoms with van der Waals surface area (Å²) >= 11 is 0. The van der Waals surface area contributed by atoms with E-state index in [1.165, 1.54) is 13.8 Å². The maximum atomic E-state index is 11.2. The molecule has 0 bridgehead atoms. The molecule has 1 aromatic rings. The van der Waals surface area contributed by atoms with Crippen molar-refractivity contribution in [2.75, 3.05) is 6.61 Å². The van der Waals surface area contributed by atoms with Gasteiger partial charge in [0.15, 0.2) is 0 Å². The number of rotatable bonds is 6. The highest BCUT2D eigenvalue weighted by molar-refractivity contribution is 5.81. The van der Waals surface area contributed by atoms with Crippen LogP contribution in [0.15, 0.2) is 18.2 Å². The summed E-state index contributed by atoms with van der Waals surface area (Å²) in [7, 11) is 0. The van der Waals surface area contributed by atoms with Gasteiger partial charge in [-0.1, -0.05) is 12.1 Å². The zero-order valence-electron chi connectivity index (χ0n) is 11.2. The zero-order chi connectivity index (χ0) is 14.6. The van der Waals surface area contributed by atoms with Gasteiger partial charge in [0.05, 0.1) is 18.4 Å². The molecule has 5 nitrogen and oxygen atoms in total. The number of ether oxygens (including phenoxy) is 1.